The van der Waals surface area contributed by atoms with Crippen LogP contribution in [0.2, 0.25) is 0 Å². The average Bonchev–Trinajstić information content (AvgIpc) is 2.46. The van der Waals surface area contributed by atoms with Crippen molar-refractivity contribution < 1.29 is 4.92 Å². The number of hydrogen-bond acceptors (Lipinski definition) is 4. The van der Waals surface area contributed by atoms with E-state index < -0.39 is 0 Å². The van der Waals surface area contributed by atoms with E-state index in [2.05, 4.69) is 11.8 Å². The summed E-state index contributed by atoms with van der Waals surface area (Å²) in [5, 5.41) is 10.9. The van der Waals surface area contributed by atoms with Crippen LogP contribution in [0.3, 0.4) is 0 Å². The Morgan fingerprint density at radius 2 is 2.05 bits per heavy atom. The highest BCUT2D eigenvalue weighted by Gasteiger charge is 2.24. The molecule has 1 aromatic carbocycles. The molecule has 1 aliphatic rings. The predicted molar refractivity (Wildman–Crippen MR) is 81.0 cm³/mol. The van der Waals surface area contributed by atoms with E-state index >= 15 is 0 Å². The van der Waals surface area contributed by atoms with Crippen LogP contribution in [0.4, 0.5) is 11.4 Å². The molecule has 0 spiro atoms. The first-order valence-electron chi connectivity index (χ1n) is 7.38. The summed E-state index contributed by atoms with van der Waals surface area (Å²) in [6.45, 7) is 3.07. The molecule has 0 radical (unpaired) electrons. The van der Waals surface area contributed by atoms with E-state index in [1.54, 1.807) is 18.2 Å². The average molecular weight is 277 g/mol. The molecule has 0 aliphatic heterocycles. The van der Waals surface area contributed by atoms with Gasteiger partial charge in [-0.15, -0.1) is 0 Å². The van der Waals surface area contributed by atoms with Crippen LogP contribution in [-0.2, 0) is 0 Å². The van der Waals surface area contributed by atoms with E-state index in [0.29, 0.717) is 12.1 Å². The predicted octanol–water partition coefficient (Wildman–Crippen LogP) is 3.08. The first-order chi connectivity index (χ1) is 9.61. The van der Waals surface area contributed by atoms with E-state index in [1.807, 2.05) is 6.07 Å². The van der Waals surface area contributed by atoms with Crippen LogP contribution in [0.15, 0.2) is 24.3 Å². The summed E-state index contributed by atoms with van der Waals surface area (Å²) in [4.78, 5) is 12.9. The fourth-order valence-corrected chi connectivity index (χ4v) is 2.96. The third-order valence-corrected chi connectivity index (χ3v) is 4.02. The molecule has 20 heavy (non-hydrogen) atoms. The molecule has 1 aliphatic carbocycles. The lowest BCUT2D eigenvalue weighted by atomic mass is 9.90. The second-order valence-electron chi connectivity index (χ2n) is 5.54. The number of nitrogens with zero attached hydrogens (tertiary/aromatic N) is 2. The molecule has 0 atom stereocenters. The first-order valence-corrected chi connectivity index (χ1v) is 7.38. The van der Waals surface area contributed by atoms with Crippen molar-refractivity contribution in [2.24, 2.45) is 5.73 Å². The Labute approximate surface area is 119 Å². The number of non-ortho nitro benzene ring substituents is 1. The van der Waals surface area contributed by atoms with Crippen LogP contribution in [0, 0.1) is 10.1 Å². The molecule has 0 amide bonds. The van der Waals surface area contributed by atoms with E-state index in [9.17, 15) is 10.1 Å². The van der Waals surface area contributed by atoms with Gasteiger partial charge < -0.3 is 10.6 Å². The van der Waals surface area contributed by atoms with Crippen molar-refractivity contribution in [3.8, 4) is 0 Å². The smallest absolute Gasteiger partial charge is 0.271 e. The molecule has 0 bridgehead atoms. The minimum Gasteiger partial charge on any atom is -0.368 e. The molecule has 110 valence electrons. The second-order valence-corrected chi connectivity index (χ2v) is 5.54. The number of anilines is 1. The molecule has 1 fully saturated rings. The Morgan fingerprint density at radius 3 is 2.65 bits per heavy atom. The van der Waals surface area contributed by atoms with Crippen LogP contribution < -0.4 is 10.6 Å². The maximum absolute atomic E-state index is 10.9. The molecule has 5 nitrogen and oxygen atoms in total. The summed E-state index contributed by atoms with van der Waals surface area (Å²) in [7, 11) is 0. The summed E-state index contributed by atoms with van der Waals surface area (Å²) < 4.78 is 0. The van der Waals surface area contributed by atoms with E-state index in [4.69, 9.17) is 5.73 Å². The minimum absolute atomic E-state index is 0.163. The SMILES string of the molecule is CCCN(c1cccc([N+](=O)[O-])c1)C1CCC(N)CC1. The highest BCUT2D eigenvalue weighted by atomic mass is 16.6. The monoisotopic (exact) mass is 277 g/mol. The van der Waals surface area contributed by atoms with Gasteiger partial charge in [-0.25, -0.2) is 0 Å². The van der Waals surface area contributed by atoms with Gasteiger partial charge in [-0.1, -0.05) is 13.0 Å². The number of rotatable bonds is 5. The number of nitro benzene ring substituents is 1. The number of benzene rings is 1. The van der Waals surface area contributed by atoms with Crippen molar-refractivity contribution in [3.05, 3.63) is 34.4 Å². The summed E-state index contributed by atoms with van der Waals surface area (Å²) in [6, 6.07) is 7.74. The van der Waals surface area contributed by atoms with Crippen molar-refractivity contribution in [1.29, 1.82) is 0 Å². The maximum atomic E-state index is 10.9. The van der Waals surface area contributed by atoms with Gasteiger partial charge in [-0.05, 0) is 38.2 Å². The third kappa shape index (κ3) is 3.48. The molecular formula is C15H23N3O2. The second kappa shape index (κ2) is 6.70. The standard InChI is InChI=1S/C15H23N3O2/c1-2-10-17(13-8-6-12(16)7-9-13)14-4-3-5-15(11-14)18(19)20/h3-5,11-13H,2,6-10,16H2,1H3. The van der Waals surface area contributed by atoms with Crippen molar-refractivity contribution in [3.63, 3.8) is 0 Å². The van der Waals surface area contributed by atoms with E-state index in [1.165, 1.54) is 0 Å². The first kappa shape index (κ1) is 14.8. The zero-order valence-corrected chi connectivity index (χ0v) is 12.0. The van der Waals surface area contributed by atoms with Crippen LogP contribution in [0.1, 0.15) is 39.0 Å². The number of nitrogens with two attached hydrogens (primary N) is 1. The Balaban J connectivity index is 2.19. The molecular weight excluding hydrogens is 254 g/mol. The summed E-state index contributed by atoms with van der Waals surface area (Å²) in [5.74, 6) is 0. The fourth-order valence-electron chi connectivity index (χ4n) is 2.96. The lowest BCUT2D eigenvalue weighted by Gasteiger charge is -2.37. The normalized spacial score (nSPS) is 22.5. The van der Waals surface area contributed by atoms with Gasteiger partial charge in [-0.3, -0.25) is 10.1 Å². The van der Waals surface area contributed by atoms with Gasteiger partial charge in [0, 0.05) is 36.4 Å². The molecule has 1 saturated carbocycles. The van der Waals surface area contributed by atoms with E-state index in [-0.39, 0.29) is 10.6 Å². The fraction of sp³-hybridized carbons (Fsp3) is 0.600. The molecule has 5 heteroatoms. The molecule has 0 unspecified atom stereocenters. The molecule has 2 N–H and O–H groups in total. The molecule has 2 rings (SSSR count). The Bertz CT molecular complexity index is 456. The summed E-state index contributed by atoms with van der Waals surface area (Å²) >= 11 is 0. The van der Waals surface area contributed by atoms with Gasteiger partial charge in [0.2, 0.25) is 0 Å². The Hall–Kier alpha value is -1.62. The molecule has 0 saturated heterocycles. The Kier molecular flexibility index (Phi) is 4.95. The quantitative estimate of drug-likeness (QED) is 0.663. The minimum atomic E-state index is -0.329. The summed E-state index contributed by atoms with van der Waals surface area (Å²) in [6.07, 6.45) is 5.26. The molecule has 0 aromatic heterocycles. The van der Waals surface area contributed by atoms with E-state index in [0.717, 1.165) is 44.3 Å². The van der Waals surface area contributed by atoms with Crippen LogP contribution >= 0.6 is 0 Å². The van der Waals surface area contributed by atoms with Gasteiger partial charge in [-0.2, -0.15) is 0 Å². The largest absolute Gasteiger partial charge is 0.368 e. The lowest BCUT2D eigenvalue weighted by Crippen LogP contribution is -2.41. The highest BCUT2D eigenvalue weighted by molar-refractivity contribution is 5.54. The molecule has 1 aromatic rings. The third-order valence-electron chi connectivity index (χ3n) is 4.02. The maximum Gasteiger partial charge on any atom is 0.271 e. The van der Waals surface area contributed by atoms with Crippen molar-refractivity contribution in [2.75, 3.05) is 11.4 Å². The lowest BCUT2D eigenvalue weighted by molar-refractivity contribution is -0.384. The summed E-state index contributed by atoms with van der Waals surface area (Å²) in [5.41, 5.74) is 7.09. The van der Waals surface area contributed by atoms with Gasteiger partial charge in [0.1, 0.15) is 0 Å². The topological polar surface area (TPSA) is 72.4 Å². The van der Waals surface area contributed by atoms with Gasteiger partial charge in [0.25, 0.3) is 5.69 Å². The van der Waals surface area contributed by atoms with Crippen LogP contribution in [0.5, 0.6) is 0 Å². The van der Waals surface area contributed by atoms with Crippen LogP contribution in [-0.4, -0.2) is 23.6 Å². The number of hydrogen-bond donors (Lipinski definition) is 1. The van der Waals surface area contributed by atoms with Crippen molar-refractivity contribution in [2.45, 2.75) is 51.1 Å². The van der Waals surface area contributed by atoms with Gasteiger partial charge in [0.05, 0.1) is 4.92 Å². The highest BCUT2D eigenvalue weighted by Crippen LogP contribution is 2.29. The van der Waals surface area contributed by atoms with Crippen molar-refractivity contribution >= 4 is 11.4 Å². The molecule has 0 heterocycles. The Morgan fingerprint density at radius 1 is 1.35 bits per heavy atom. The van der Waals surface area contributed by atoms with Gasteiger partial charge >= 0.3 is 0 Å². The number of nitro groups is 1. The van der Waals surface area contributed by atoms with Crippen LogP contribution in [0.25, 0.3) is 0 Å². The van der Waals surface area contributed by atoms with Gasteiger partial charge in [0.15, 0.2) is 0 Å². The zero-order chi connectivity index (χ0) is 14.5. The zero-order valence-electron chi connectivity index (χ0n) is 12.0. The van der Waals surface area contributed by atoms with Crippen molar-refractivity contribution in [1.82, 2.24) is 0 Å².